The van der Waals surface area contributed by atoms with Gasteiger partial charge >= 0.3 is 0 Å². The quantitative estimate of drug-likeness (QED) is 0.817. The minimum Gasteiger partial charge on any atom is -0.349 e. The van der Waals surface area contributed by atoms with Gasteiger partial charge in [-0.2, -0.15) is 16.2 Å². The van der Waals surface area contributed by atoms with E-state index in [-0.39, 0.29) is 16.3 Å². The predicted molar refractivity (Wildman–Crippen MR) is 62.0 cm³/mol. The first kappa shape index (κ1) is 11.4. The summed E-state index contributed by atoms with van der Waals surface area (Å²) in [5, 5.41) is 2.79. The molecule has 0 unspecified atom stereocenters. The van der Waals surface area contributed by atoms with E-state index in [0.717, 1.165) is 12.8 Å². The maximum absolute atomic E-state index is 12.8. The summed E-state index contributed by atoms with van der Waals surface area (Å²) in [6, 6.07) is 4.22. The van der Waals surface area contributed by atoms with E-state index in [9.17, 15) is 9.18 Å². The molecule has 16 heavy (non-hydrogen) atoms. The van der Waals surface area contributed by atoms with Gasteiger partial charge in [0, 0.05) is 11.3 Å². The van der Waals surface area contributed by atoms with Gasteiger partial charge in [-0.05, 0) is 31.2 Å². The average molecular weight is 240 g/mol. The zero-order valence-corrected chi connectivity index (χ0v) is 9.81. The predicted octanol–water partition coefficient (Wildman–Crippen LogP) is 1.85. The van der Waals surface area contributed by atoms with Crippen molar-refractivity contribution < 1.29 is 9.18 Å². The summed E-state index contributed by atoms with van der Waals surface area (Å²) in [5.41, 5.74) is 0.136. The molecule has 1 aromatic heterocycles. The van der Waals surface area contributed by atoms with E-state index < -0.39 is 5.95 Å². The second-order valence-corrected chi connectivity index (χ2v) is 5.19. The van der Waals surface area contributed by atoms with Crippen LogP contribution in [0.3, 0.4) is 0 Å². The Morgan fingerprint density at radius 1 is 1.62 bits per heavy atom. The highest BCUT2D eigenvalue weighted by molar-refractivity contribution is 8.00. The molecule has 1 amide bonds. The van der Waals surface area contributed by atoms with Crippen molar-refractivity contribution in [3.05, 3.63) is 29.8 Å². The number of nitrogens with zero attached hydrogens (tertiary/aromatic N) is 1. The molecular weight excluding hydrogens is 227 g/mol. The highest BCUT2D eigenvalue weighted by Crippen LogP contribution is 2.46. The molecule has 3 nitrogen and oxygen atoms in total. The van der Waals surface area contributed by atoms with Crippen molar-refractivity contribution in [3.8, 4) is 0 Å². The summed E-state index contributed by atoms with van der Waals surface area (Å²) in [6.07, 6.45) is 4.30. The molecule has 1 N–H and O–H groups in total. The van der Waals surface area contributed by atoms with Crippen LogP contribution >= 0.6 is 11.8 Å². The molecule has 1 saturated carbocycles. The zero-order valence-electron chi connectivity index (χ0n) is 9.00. The molecule has 1 fully saturated rings. The monoisotopic (exact) mass is 240 g/mol. The molecule has 1 heterocycles. The third kappa shape index (κ3) is 2.52. The molecule has 2 rings (SSSR count). The standard InChI is InChI=1S/C11H13FN2OS/c1-16-11(5-6-11)7-13-10(15)8-3-2-4-9(12)14-8/h2-4H,5-7H2,1H3,(H,13,15). The maximum Gasteiger partial charge on any atom is 0.270 e. The van der Waals surface area contributed by atoms with Gasteiger partial charge in [-0.15, -0.1) is 0 Å². The van der Waals surface area contributed by atoms with Crippen LogP contribution in [0.2, 0.25) is 0 Å². The first-order chi connectivity index (χ1) is 7.65. The molecule has 1 aromatic rings. The number of nitrogens with one attached hydrogen (secondary N) is 1. The number of amides is 1. The SMILES string of the molecule is CSC1(CNC(=O)c2cccc(F)n2)CC1. The van der Waals surface area contributed by atoms with Gasteiger partial charge in [0.15, 0.2) is 0 Å². The van der Waals surface area contributed by atoms with E-state index in [1.54, 1.807) is 11.8 Å². The highest BCUT2D eigenvalue weighted by Gasteiger charge is 2.41. The van der Waals surface area contributed by atoms with Crippen molar-refractivity contribution in [2.75, 3.05) is 12.8 Å². The van der Waals surface area contributed by atoms with Crippen LogP contribution in [-0.4, -0.2) is 28.4 Å². The molecule has 0 aliphatic heterocycles. The van der Waals surface area contributed by atoms with Gasteiger partial charge < -0.3 is 5.32 Å². The maximum atomic E-state index is 12.8. The minimum absolute atomic E-state index is 0.136. The van der Waals surface area contributed by atoms with Crippen LogP contribution in [0.5, 0.6) is 0 Å². The summed E-state index contributed by atoms with van der Waals surface area (Å²) in [5.74, 6) is -0.932. The van der Waals surface area contributed by atoms with Crippen LogP contribution in [0.1, 0.15) is 23.3 Å². The van der Waals surface area contributed by atoms with Gasteiger partial charge in [-0.1, -0.05) is 6.07 Å². The van der Waals surface area contributed by atoms with Gasteiger partial charge in [0.1, 0.15) is 5.69 Å². The third-order valence-electron chi connectivity index (χ3n) is 2.76. The number of hydrogen-bond acceptors (Lipinski definition) is 3. The Balaban J connectivity index is 1.93. The fourth-order valence-corrected chi connectivity index (χ4v) is 2.19. The molecule has 0 radical (unpaired) electrons. The highest BCUT2D eigenvalue weighted by atomic mass is 32.2. The van der Waals surface area contributed by atoms with Gasteiger partial charge in [-0.3, -0.25) is 4.79 Å². The number of aromatic nitrogens is 1. The summed E-state index contributed by atoms with van der Waals surface area (Å²) < 4.78 is 13.0. The number of rotatable bonds is 4. The smallest absolute Gasteiger partial charge is 0.270 e. The third-order valence-corrected chi connectivity index (χ3v) is 4.18. The lowest BCUT2D eigenvalue weighted by molar-refractivity contribution is 0.0947. The van der Waals surface area contributed by atoms with Gasteiger partial charge in [0.2, 0.25) is 5.95 Å². The van der Waals surface area contributed by atoms with E-state index in [4.69, 9.17) is 0 Å². The molecule has 0 aromatic carbocycles. The number of carbonyl (C=O) groups is 1. The number of carbonyl (C=O) groups excluding carboxylic acids is 1. The van der Waals surface area contributed by atoms with E-state index in [2.05, 4.69) is 10.3 Å². The Morgan fingerprint density at radius 2 is 2.38 bits per heavy atom. The number of pyridine rings is 1. The van der Waals surface area contributed by atoms with Crippen LogP contribution < -0.4 is 5.32 Å². The lowest BCUT2D eigenvalue weighted by atomic mass is 10.3. The first-order valence-corrected chi connectivity index (χ1v) is 6.34. The first-order valence-electron chi connectivity index (χ1n) is 5.11. The second kappa shape index (κ2) is 4.41. The molecule has 0 spiro atoms. The summed E-state index contributed by atoms with van der Waals surface area (Å²) in [7, 11) is 0. The fraction of sp³-hybridized carbons (Fsp3) is 0.455. The molecule has 86 valence electrons. The second-order valence-electron chi connectivity index (χ2n) is 3.92. The van der Waals surface area contributed by atoms with Gasteiger partial charge in [0.25, 0.3) is 5.91 Å². The van der Waals surface area contributed by atoms with Crippen LogP contribution in [-0.2, 0) is 0 Å². The molecule has 5 heteroatoms. The van der Waals surface area contributed by atoms with Crippen LogP contribution in [0.4, 0.5) is 4.39 Å². The van der Waals surface area contributed by atoms with Gasteiger partial charge in [-0.25, -0.2) is 4.98 Å². The number of halogens is 1. The molecule has 0 bridgehead atoms. The molecule has 1 aliphatic carbocycles. The van der Waals surface area contributed by atoms with Crippen LogP contribution in [0, 0.1) is 5.95 Å². The van der Waals surface area contributed by atoms with E-state index in [0.29, 0.717) is 6.54 Å². The fourth-order valence-electron chi connectivity index (χ4n) is 1.46. The Morgan fingerprint density at radius 3 is 2.94 bits per heavy atom. The van der Waals surface area contributed by atoms with E-state index in [1.807, 2.05) is 6.26 Å². The summed E-state index contributed by atoms with van der Waals surface area (Å²) in [4.78, 5) is 15.2. The molecule has 1 aliphatic rings. The normalized spacial score (nSPS) is 16.9. The van der Waals surface area contributed by atoms with E-state index >= 15 is 0 Å². The minimum atomic E-state index is -0.626. The molecule has 0 atom stereocenters. The lowest BCUT2D eigenvalue weighted by Gasteiger charge is -2.12. The number of hydrogen-bond donors (Lipinski definition) is 1. The van der Waals surface area contributed by atoms with Gasteiger partial charge in [0.05, 0.1) is 0 Å². The Kier molecular flexibility index (Phi) is 3.14. The Hall–Kier alpha value is -1.10. The number of thioether (sulfide) groups is 1. The lowest BCUT2D eigenvalue weighted by Crippen LogP contribution is -2.32. The Labute approximate surface area is 97.8 Å². The van der Waals surface area contributed by atoms with Crippen molar-refractivity contribution >= 4 is 17.7 Å². The topological polar surface area (TPSA) is 42.0 Å². The van der Waals surface area contributed by atoms with Crippen molar-refractivity contribution in [2.24, 2.45) is 0 Å². The molecule has 0 saturated heterocycles. The summed E-state index contributed by atoms with van der Waals surface area (Å²) >= 11 is 1.77. The van der Waals surface area contributed by atoms with Crippen molar-refractivity contribution in [1.82, 2.24) is 10.3 Å². The van der Waals surface area contributed by atoms with Crippen molar-refractivity contribution in [1.29, 1.82) is 0 Å². The summed E-state index contributed by atoms with van der Waals surface area (Å²) in [6.45, 7) is 0.630. The molecular formula is C11H13FN2OS. The zero-order chi connectivity index (χ0) is 11.6. The van der Waals surface area contributed by atoms with E-state index in [1.165, 1.54) is 18.2 Å². The van der Waals surface area contributed by atoms with Crippen molar-refractivity contribution in [2.45, 2.75) is 17.6 Å². The largest absolute Gasteiger partial charge is 0.349 e. The Bertz CT molecular complexity index is 407. The van der Waals surface area contributed by atoms with Crippen molar-refractivity contribution in [3.63, 3.8) is 0 Å². The average Bonchev–Trinajstić information content (AvgIpc) is 3.07. The van der Waals surface area contributed by atoms with Crippen LogP contribution in [0.25, 0.3) is 0 Å². The van der Waals surface area contributed by atoms with Crippen LogP contribution in [0.15, 0.2) is 18.2 Å².